The molecule has 21 heavy (non-hydrogen) atoms. The second-order valence-electron chi connectivity index (χ2n) is 5.47. The Bertz CT molecular complexity index is 461. The Labute approximate surface area is 126 Å². The molecule has 2 rings (SSSR count). The Kier molecular flexibility index (Phi) is 5.44. The van der Waals surface area contributed by atoms with E-state index in [4.69, 9.17) is 15.2 Å². The van der Waals surface area contributed by atoms with Crippen LogP contribution in [0.1, 0.15) is 19.8 Å². The van der Waals surface area contributed by atoms with Gasteiger partial charge in [-0.2, -0.15) is 0 Å². The summed E-state index contributed by atoms with van der Waals surface area (Å²) in [4.78, 5) is 13.7. The number of hydrogen-bond acceptors (Lipinski definition) is 5. The number of methoxy groups -OCH3 is 1. The van der Waals surface area contributed by atoms with Gasteiger partial charge in [0, 0.05) is 24.8 Å². The Morgan fingerprint density at radius 2 is 2.05 bits per heavy atom. The molecule has 0 bridgehead atoms. The molecule has 5 nitrogen and oxygen atoms in total. The molecule has 0 spiro atoms. The Morgan fingerprint density at radius 3 is 2.67 bits per heavy atom. The van der Waals surface area contributed by atoms with Crippen LogP contribution in [0.15, 0.2) is 24.3 Å². The third kappa shape index (κ3) is 4.36. The fourth-order valence-corrected chi connectivity index (χ4v) is 2.84. The van der Waals surface area contributed by atoms with Crippen molar-refractivity contribution in [2.75, 3.05) is 31.7 Å². The molecule has 1 aliphatic rings. The number of hydrogen-bond donors (Lipinski definition) is 1. The molecule has 0 radical (unpaired) electrons. The van der Waals surface area contributed by atoms with Gasteiger partial charge in [0.15, 0.2) is 0 Å². The van der Waals surface area contributed by atoms with Gasteiger partial charge in [0.05, 0.1) is 20.1 Å². The van der Waals surface area contributed by atoms with Gasteiger partial charge in [-0.25, -0.2) is 0 Å². The third-order valence-corrected chi connectivity index (χ3v) is 3.77. The number of ether oxygens (including phenoxy) is 2. The van der Waals surface area contributed by atoms with Crippen LogP contribution in [0.2, 0.25) is 0 Å². The zero-order valence-electron chi connectivity index (χ0n) is 12.7. The van der Waals surface area contributed by atoms with Crippen LogP contribution in [-0.2, 0) is 9.53 Å². The van der Waals surface area contributed by atoms with Crippen molar-refractivity contribution < 1.29 is 14.3 Å². The van der Waals surface area contributed by atoms with Crippen molar-refractivity contribution in [3.05, 3.63) is 24.3 Å². The van der Waals surface area contributed by atoms with Crippen molar-refractivity contribution in [3.63, 3.8) is 0 Å². The number of nitrogens with zero attached hydrogens (tertiary/aromatic N) is 1. The van der Waals surface area contributed by atoms with E-state index in [9.17, 15) is 4.79 Å². The van der Waals surface area contributed by atoms with Crippen LogP contribution >= 0.6 is 0 Å². The largest absolute Gasteiger partial charge is 0.494 e. The van der Waals surface area contributed by atoms with Gasteiger partial charge >= 0.3 is 5.97 Å². The maximum atomic E-state index is 11.4. The van der Waals surface area contributed by atoms with Crippen LogP contribution in [0.4, 0.5) is 5.69 Å². The molecule has 1 heterocycles. The summed E-state index contributed by atoms with van der Waals surface area (Å²) in [5, 5.41) is 0. The summed E-state index contributed by atoms with van der Waals surface area (Å²) in [7, 11) is 1.43. The highest BCUT2D eigenvalue weighted by atomic mass is 16.5. The summed E-state index contributed by atoms with van der Waals surface area (Å²) >= 11 is 0. The summed E-state index contributed by atoms with van der Waals surface area (Å²) in [6, 6.07) is 8.10. The molecule has 1 fully saturated rings. The van der Waals surface area contributed by atoms with Gasteiger partial charge in [-0.1, -0.05) is 0 Å². The smallest absolute Gasteiger partial charge is 0.305 e. The Morgan fingerprint density at radius 1 is 1.33 bits per heavy atom. The van der Waals surface area contributed by atoms with E-state index < -0.39 is 0 Å². The molecule has 0 aliphatic carbocycles. The van der Waals surface area contributed by atoms with Gasteiger partial charge in [-0.15, -0.1) is 0 Å². The highest BCUT2D eigenvalue weighted by Gasteiger charge is 2.27. The van der Waals surface area contributed by atoms with Crippen LogP contribution < -0.4 is 15.4 Å². The zero-order valence-corrected chi connectivity index (χ0v) is 12.7. The van der Waals surface area contributed by atoms with Crippen LogP contribution in [0.5, 0.6) is 5.75 Å². The predicted molar refractivity (Wildman–Crippen MR) is 82.5 cm³/mol. The zero-order chi connectivity index (χ0) is 15.2. The van der Waals surface area contributed by atoms with Gasteiger partial charge in [0.25, 0.3) is 0 Å². The van der Waals surface area contributed by atoms with Gasteiger partial charge in [-0.3, -0.25) is 4.79 Å². The van der Waals surface area contributed by atoms with Gasteiger partial charge in [0.1, 0.15) is 5.75 Å². The minimum absolute atomic E-state index is 0.0833. The first-order valence-electron chi connectivity index (χ1n) is 7.42. The molecular weight excluding hydrogens is 268 g/mol. The minimum atomic E-state index is -0.166. The standard InChI is InChI=1S/C16H24N2O3/c1-3-21-15-6-4-14(5-7-15)18-10-12(8-13(17)11-18)9-16(19)20-2/h4-7,12-13H,3,8-11,17H2,1-2H3. The van der Waals surface area contributed by atoms with Crippen molar-refractivity contribution in [1.29, 1.82) is 0 Å². The van der Waals surface area contributed by atoms with E-state index in [1.54, 1.807) is 0 Å². The lowest BCUT2D eigenvalue weighted by Crippen LogP contribution is -2.47. The first kappa shape index (κ1) is 15.6. The van der Waals surface area contributed by atoms with E-state index in [1.807, 2.05) is 31.2 Å². The number of benzene rings is 1. The van der Waals surface area contributed by atoms with Gasteiger partial charge in [0.2, 0.25) is 0 Å². The summed E-state index contributed by atoms with van der Waals surface area (Å²) in [6.45, 7) is 4.27. The van der Waals surface area contributed by atoms with Crippen molar-refractivity contribution >= 4 is 11.7 Å². The molecule has 2 unspecified atom stereocenters. The van der Waals surface area contributed by atoms with Crippen LogP contribution in [0.3, 0.4) is 0 Å². The molecule has 116 valence electrons. The van der Waals surface area contributed by atoms with Crippen LogP contribution in [0, 0.1) is 5.92 Å². The molecule has 5 heteroatoms. The average Bonchev–Trinajstić information content (AvgIpc) is 2.47. The molecule has 1 aromatic carbocycles. The quantitative estimate of drug-likeness (QED) is 0.838. The molecule has 1 saturated heterocycles. The van der Waals surface area contributed by atoms with Gasteiger partial charge in [-0.05, 0) is 43.5 Å². The Hall–Kier alpha value is -1.75. The molecule has 0 amide bonds. The summed E-state index contributed by atoms with van der Waals surface area (Å²) in [6.07, 6.45) is 1.29. The molecular formula is C16H24N2O3. The van der Waals surface area contributed by atoms with Crippen LogP contribution in [-0.4, -0.2) is 38.8 Å². The first-order chi connectivity index (χ1) is 10.1. The molecule has 0 saturated carbocycles. The van der Waals surface area contributed by atoms with Crippen molar-refractivity contribution in [2.45, 2.75) is 25.8 Å². The van der Waals surface area contributed by atoms with E-state index in [2.05, 4.69) is 4.90 Å². The van der Waals surface area contributed by atoms with E-state index in [1.165, 1.54) is 7.11 Å². The molecule has 1 aliphatic heterocycles. The summed E-state index contributed by atoms with van der Waals surface area (Å²) in [5.74, 6) is 0.946. The topological polar surface area (TPSA) is 64.8 Å². The summed E-state index contributed by atoms with van der Waals surface area (Å²) < 4.78 is 10.2. The van der Waals surface area contributed by atoms with E-state index in [0.29, 0.717) is 13.0 Å². The summed E-state index contributed by atoms with van der Waals surface area (Å²) in [5.41, 5.74) is 7.24. The average molecular weight is 292 g/mol. The van der Waals surface area contributed by atoms with E-state index in [-0.39, 0.29) is 17.9 Å². The highest BCUT2D eigenvalue weighted by molar-refractivity contribution is 5.69. The molecule has 2 atom stereocenters. The first-order valence-corrected chi connectivity index (χ1v) is 7.42. The number of carbonyl (C=O) groups excluding carboxylic acids is 1. The highest BCUT2D eigenvalue weighted by Crippen LogP contribution is 2.26. The lowest BCUT2D eigenvalue weighted by atomic mass is 9.91. The van der Waals surface area contributed by atoms with Crippen molar-refractivity contribution in [2.24, 2.45) is 11.7 Å². The van der Waals surface area contributed by atoms with E-state index in [0.717, 1.165) is 30.9 Å². The maximum absolute atomic E-state index is 11.4. The molecule has 0 aromatic heterocycles. The normalized spacial score (nSPS) is 22.0. The Balaban J connectivity index is 2.02. The third-order valence-electron chi connectivity index (χ3n) is 3.77. The number of carbonyl (C=O) groups is 1. The fourth-order valence-electron chi connectivity index (χ4n) is 2.84. The molecule has 2 N–H and O–H groups in total. The number of rotatable bonds is 5. The number of anilines is 1. The lowest BCUT2D eigenvalue weighted by molar-refractivity contribution is -0.141. The maximum Gasteiger partial charge on any atom is 0.305 e. The second kappa shape index (κ2) is 7.31. The number of nitrogens with two attached hydrogens (primary N) is 1. The predicted octanol–water partition coefficient (Wildman–Crippen LogP) is 1.80. The second-order valence-corrected chi connectivity index (χ2v) is 5.47. The SMILES string of the molecule is CCOc1ccc(N2CC(N)CC(CC(=O)OC)C2)cc1. The fraction of sp³-hybridized carbons (Fsp3) is 0.562. The van der Waals surface area contributed by atoms with Crippen molar-refractivity contribution in [3.8, 4) is 5.75 Å². The molecule has 1 aromatic rings. The minimum Gasteiger partial charge on any atom is -0.494 e. The van der Waals surface area contributed by atoms with Crippen molar-refractivity contribution in [1.82, 2.24) is 0 Å². The lowest BCUT2D eigenvalue weighted by Gasteiger charge is -2.37. The monoisotopic (exact) mass is 292 g/mol. The van der Waals surface area contributed by atoms with Crippen LogP contribution in [0.25, 0.3) is 0 Å². The number of piperidine rings is 1. The van der Waals surface area contributed by atoms with E-state index >= 15 is 0 Å². The van der Waals surface area contributed by atoms with Gasteiger partial charge < -0.3 is 20.1 Å². The number of esters is 1.